The molecular weight excluding hydrogens is 174 g/mol. The smallest absolute Gasteiger partial charge is 0.0433 e. The van der Waals surface area contributed by atoms with E-state index in [1.54, 1.807) is 7.11 Å². The summed E-state index contributed by atoms with van der Waals surface area (Å²) in [5, 5.41) is 0. The molecule has 0 bridgehead atoms. The van der Waals surface area contributed by atoms with Gasteiger partial charge in [0.1, 0.15) is 0 Å². The van der Waals surface area contributed by atoms with E-state index in [1.165, 1.54) is 0 Å². The summed E-state index contributed by atoms with van der Waals surface area (Å²) in [6.07, 6.45) is 4.00. The van der Waals surface area contributed by atoms with Crippen LogP contribution in [0.1, 0.15) is 27.7 Å². The molecule has 0 aliphatic carbocycles. The van der Waals surface area contributed by atoms with Crippen LogP contribution in [-0.4, -0.2) is 32.7 Å². The topological polar surface area (TPSA) is 12.5 Å². The van der Waals surface area contributed by atoms with Crippen LogP contribution in [0.25, 0.3) is 0 Å². The average molecular weight is 201 g/mol. The zero-order chi connectivity index (χ0) is 12.0. The summed E-state index contributed by atoms with van der Waals surface area (Å²) in [6.45, 7) is 12.4. The average Bonchev–Trinajstić information content (AvgIpc) is 2.18. The van der Waals surface area contributed by atoms with Crippen molar-refractivity contribution >= 4 is 0 Å². The van der Waals surface area contributed by atoms with Crippen LogP contribution in [-0.2, 0) is 4.74 Å². The first-order valence-electron chi connectivity index (χ1n) is 4.86. The maximum atomic E-state index is 4.54. The van der Waals surface area contributed by atoms with E-state index in [0.717, 1.165) is 12.3 Å². The molecule has 0 saturated heterocycles. The Bertz CT molecular complexity index is 122. The van der Waals surface area contributed by atoms with E-state index in [0.29, 0.717) is 0 Å². The van der Waals surface area contributed by atoms with Gasteiger partial charge in [-0.3, -0.25) is 0 Å². The minimum atomic E-state index is 0.819. The normalized spacial score (nSPS) is 8.21. The summed E-state index contributed by atoms with van der Waals surface area (Å²) in [7, 11) is 5.63. The highest BCUT2D eigenvalue weighted by Gasteiger charge is 1.79. The summed E-state index contributed by atoms with van der Waals surface area (Å²) in [6, 6.07) is 0. The van der Waals surface area contributed by atoms with Crippen molar-refractivity contribution in [2.75, 3.05) is 27.8 Å². The molecule has 14 heavy (non-hydrogen) atoms. The van der Waals surface area contributed by atoms with Crippen LogP contribution in [0.4, 0.5) is 0 Å². The van der Waals surface area contributed by atoms with Gasteiger partial charge in [0, 0.05) is 33.5 Å². The Hall–Kier alpha value is -0.760. The molecule has 0 heterocycles. The monoisotopic (exact) mass is 201 g/mol. The van der Waals surface area contributed by atoms with Crippen molar-refractivity contribution in [3.8, 4) is 0 Å². The molecule has 0 aromatic heterocycles. The van der Waals surface area contributed by atoms with Crippen LogP contribution >= 0.6 is 0 Å². The summed E-state index contributed by atoms with van der Waals surface area (Å²) in [5.41, 5.74) is 1.09. The number of methoxy groups -OCH3 is 1. The maximum Gasteiger partial charge on any atom is 0.0433 e. The predicted molar refractivity (Wildman–Crippen MR) is 66.5 cm³/mol. The Morgan fingerprint density at radius 1 is 1.29 bits per heavy atom. The summed E-state index contributed by atoms with van der Waals surface area (Å²) >= 11 is 0. The van der Waals surface area contributed by atoms with Gasteiger partial charge in [-0.05, 0) is 27.7 Å². The summed E-state index contributed by atoms with van der Waals surface area (Å²) in [4.78, 5) is 1.97. The Kier molecular flexibility index (Phi) is 24.5. The first kappa shape index (κ1) is 18.9. The number of hydrogen-bond donors (Lipinski definition) is 0. The van der Waals surface area contributed by atoms with Gasteiger partial charge in [-0.15, -0.1) is 0 Å². The molecule has 2 nitrogen and oxygen atoms in total. The van der Waals surface area contributed by atoms with Crippen molar-refractivity contribution in [1.82, 2.24) is 4.90 Å². The van der Waals surface area contributed by atoms with Crippen molar-refractivity contribution in [3.05, 3.63) is 24.4 Å². The van der Waals surface area contributed by atoms with Gasteiger partial charge in [0.05, 0.1) is 0 Å². The minimum absolute atomic E-state index is 0.819. The second-order valence-electron chi connectivity index (χ2n) is 2.87. The van der Waals surface area contributed by atoms with E-state index in [1.807, 2.05) is 58.8 Å². The Morgan fingerprint density at radius 2 is 1.50 bits per heavy atom. The largest absolute Gasteiger partial charge is 0.385 e. The molecule has 0 atom stereocenters. The third-order valence-electron chi connectivity index (χ3n) is 1.39. The third-order valence-corrected chi connectivity index (χ3v) is 1.39. The minimum Gasteiger partial charge on any atom is -0.385 e. The van der Waals surface area contributed by atoms with Crippen molar-refractivity contribution < 1.29 is 4.74 Å². The van der Waals surface area contributed by atoms with Crippen LogP contribution in [0.15, 0.2) is 24.4 Å². The molecule has 0 amide bonds. The zero-order valence-corrected chi connectivity index (χ0v) is 10.9. The van der Waals surface area contributed by atoms with E-state index >= 15 is 0 Å². The van der Waals surface area contributed by atoms with Gasteiger partial charge in [-0.1, -0.05) is 18.7 Å². The summed E-state index contributed by atoms with van der Waals surface area (Å²) in [5.74, 6) is 0. The van der Waals surface area contributed by atoms with E-state index in [4.69, 9.17) is 0 Å². The van der Waals surface area contributed by atoms with Crippen LogP contribution < -0.4 is 0 Å². The molecule has 0 rings (SSSR count). The van der Waals surface area contributed by atoms with E-state index in [2.05, 4.69) is 11.3 Å². The lowest BCUT2D eigenvalue weighted by Gasteiger charge is -2.08. The molecule has 0 N–H and O–H groups in total. The number of hydrogen-bond acceptors (Lipinski definition) is 2. The molecule has 0 spiro atoms. The van der Waals surface area contributed by atoms with Crippen molar-refractivity contribution in [3.63, 3.8) is 0 Å². The second kappa shape index (κ2) is 18.1. The SMILES string of the molecule is C=C(C)N(C)C.CC=CC.CCOC. The lowest BCUT2D eigenvalue weighted by molar-refractivity contribution is 0.215. The van der Waals surface area contributed by atoms with Gasteiger partial charge in [0.2, 0.25) is 0 Å². The van der Waals surface area contributed by atoms with Crippen LogP contribution in [0, 0.1) is 0 Å². The molecule has 0 aromatic rings. The van der Waals surface area contributed by atoms with Gasteiger partial charge in [-0.2, -0.15) is 0 Å². The number of rotatable bonds is 2. The van der Waals surface area contributed by atoms with Crippen LogP contribution in [0.3, 0.4) is 0 Å². The number of allylic oxidation sites excluding steroid dienone is 3. The van der Waals surface area contributed by atoms with Gasteiger partial charge in [0.15, 0.2) is 0 Å². The van der Waals surface area contributed by atoms with Gasteiger partial charge in [0.25, 0.3) is 0 Å². The second-order valence-corrected chi connectivity index (χ2v) is 2.87. The van der Waals surface area contributed by atoms with Gasteiger partial charge < -0.3 is 9.64 Å². The molecule has 2 heteroatoms. The molecule has 0 fully saturated rings. The Balaban J connectivity index is -0.000000135. The number of nitrogens with zero attached hydrogens (tertiary/aromatic N) is 1. The fourth-order valence-electron chi connectivity index (χ4n) is 0. The van der Waals surface area contributed by atoms with Crippen LogP contribution in [0.2, 0.25) is 0 Å². The third kappa shape index (κ3) is 42.9. The lowest BCUT2D eigenvalue weighted by atomic mass is 10.5. The maximum absolute atomic E-state index is 4.54. The molecular formula is C12H27NO. The molecule has 0 aliphatic rings. The first-order valence-corrected chi connectivity index (χ1v) is 4.86. The Labute approximate surface area is 90.3 Å². The standard InChI is InChI=1S/C5H11N.C4H8.C3H8O/c1-5(2)6(3)4;2*1-3-4-2/h1H2,2-4H3;3-4H,1-2H3;3H2,1-2H3. The number of ether oxygens (including phenoxy) is 1. The van der Waals surface area contributed by atoms with Crippen LogP contribution in [0.5, 0.6) is 0 Å². The van der Waals surface area contributed by atoms with Crippen molar-refractivity contribution in [2.24, 2.45) is 0 Å². The highest BCUT2D eigenvalue weighted by atomic mass is 16.5. The zero-order valence-electron chi connectivity index (χ0n) is 10.9. The first-order chi connectivity index (χ1) is 6.47. The molecule has 0 aromatic carbocycles. The fraction of sp³-hybridized carbons (Fsp3) is 0.667. The van der Waals surface area contributed by atoms with Gasteiger partial charge in [-0.25, -0.2) is 0 Å². The quantitative estimate of drug-likeness (QED) is 0.635. The molecule has 0 aliphatic heterocycles. The highest BCUT2D eigenvalue weighted by molar-refractivity contribution is 4.82. The summed E-state index contributed by atoms with van der Waals surface area (Å²) < 4.78 is 4.54. The van der Waals surface area contributed by atoms with E-state index in [-0.39, 0.29) is 0 Å². The predicted octanol–water partition coefficient (Wildman–Crippen LogP) is 3.32. The van der Waals surface area contributed by atoms with Crippen molar-refractivity contribution in [1.29, 1.82) is 0 Å². The van der Waals surface area contributed by atoms with E-state index in [9.17, 15) is 0 Å². The molecule has 86 valence electrons. The molecule has 0 unspecified atom stereocenters. The lowest BCUT2D eigenvalue weighted by Crippen LogP contribution is -2.05. The van der Waals surface area contributed by atoms with E-state index < -0.39 is 0 Å². The van der Waals surface area contributed by atoms with Crippen molar-refractivity contribution in [2.45, 2.75) is 27.7 Å². The highest BCUT2D eigenvalue weighted by Crippen LogP contribution is 1.86. The Morgan fingerprint density at radius 3 is 1.50 bits per heavy atom. The molecule has 0 saturated carbocycles. The molecule has 0 radical (unpaired) electrons. The van der Waals surface area contributed by atoms with Gasteiger partial charge >= 0.3 is 0 Å². The fourth-order valence-corrected chi connectivity index (χ4v) is 0.